The molecule has 2 aromatic carbocycles. The summed E-state index contributed by atoms with van der Waals surface area (Å²) >= 11 is 0. The monoisotopic (exact) mass is 664 g/mol. The smallest absolute Gasteiger partial charge is 0.152 e. The highest BCUT2D eigenvalue weighted by Gasteiger charge is 2.35. The summed E-state index contributed by atoms with van der Waals surface area (Å²) in [6, 6.07) is 8.23. The Morgan fingerprint density at radius 1 is 0.776 bits per heavy atom. The number of hydrogen-bond donors (Lipinski definition) is 1. The highest BCUT2D eigenvalue weighted by molar-refractivity contribution is 6.02. The number of hydrogen-bond acceptors (Lipinski definition) is 10. The van der Waals surface area contributed by atoms with Crippen LogP contribution in [0, 0.1) is 39.5 Å². The SMILES string of the molecule is C.Cc1noc(C)c1-c1cc(C=O)c2c(c1)CC(C1CC1)=N2.Cc1noc(C)c1-c1cc2c(c(C(O)C3COCCO3)c1)N=C(C1CC1)C2. The van der Waals surface area contributed by atoms with Crippen molar-refractivity contribution in [2.24, 2.45) is 21.8 Å². The lowest BCUT2D eigenvalue weighted by Gasteiger charge is -2.28. The molecule has 0 amide bonds. The van der Waals surface area contributed by atoms with Crippen LogP contribution < -0.4 is 0 Å². The Morgan fingerprint density at radius 2 is 1.33 bits per heavy atom. The van der Waals surface area contributed by atoms with Gasteiger partial charge in [-0.25, -0.2) is 0 Å². The lowest BCUT2D eigenvalue weighted by atomic mass is 9.92. The molecule has 10 heteroatoms. The van der Waals surface area contributed by atoms with Crippen molar-refractivity contribution >= 4 is 29.1 Å². The zero-order valence-corrected chi connectivity index (χ0v) is 27.8. The minimum atomic E-state index is -0.776. The van der Waals surface area contributed by atoms with E-state index in [-0.39, 0.29) is 13.5 Å². The molecule has 1 N–H and O–H groups in total. The molecule has 2 aromatic heterocycles. The van der Waals surface area contributed by atoms with Crippen LogP contribution in [0.5, 0.6) is 0 Å². The van der Waals surface area contributed by atoms with Crippen LogP contribution in [0.2, 0.25) is 0 Å². The molecule has 10 nitrogen and oxygen atoms in total. The Bertz CT molecular complexity index is 1930. The second-order valence-electron chi connectivity index (χ2n) is 13.7. The molecule has 9 rings (SSSR count). The van der Waals surface area contributed by atoms with Crippen LogP contribution in [0.4, 0.5) is 11.4 Å². The number of nitrogens with zero attached hydrogens (tertiary/aromatic N) is 4. The Morgan fingerprint density at radius 3 is 1.82 bits per heavy atom. The predicted octanol–water partition coefficient (Wildman–Crippen LogP) is 7.89. The van der Waals surface area contributed by atoms with Gasteiger partial charge < -0.3 is 23.6 Å². The number of aliphatic hydroxyl groups is 1. The minimum Gasteiger partial charge on any atom is -0.386 e. The van der Waals surface area contributed by atoms with E-state index in [4.69, 9.17) is 28.5 Å². The summed E-state index contributed by atoms with van der Waals surface area (Å²) in [5.41, 5.74) is 13.8. The molecule has 49 heavy (non-hydrogen) atoms. The van der Waals surface area contributed by atoms with Gasteiger partial charge in [-0.2, -0.15) is 0 Å². The summed E-state index contributed by atoms with van der Waals surface area (Å²) < 4.78 is 21.9. The summed E-state index contributed by atoms with van der Waals surface area (Å²) in [7, 11) is 0. The van der Waals surface area contributed by atoms with Gasteiger partial charge in [-0.3, -0.25) is 14.8 Å². The van der Waals surface area contributed by atoms with Gasteiger partial charge in [-0.15, -0.1) is 0 Å². The molecule has 2 saturated carbocycles. The fourth-order valence-corrected chi connectivity index (χ4v) is 7.32. The molecule has 0 spiro atoms. The third kappa shape index (κ3) is 6.33. The maximum absolute atomic E-state index is 11.4. The second-order valence-corrected chi connectivity index (χ2v) is 13.7. The quantitative estimate of drug-likeness (QED) is 0.197. The number of aliphatic hydroxyl groups excluding tert-OH is 1. The molecule has 256 valence electrons. The standard InChI is InChI=1S/C21H24N2O4.C17H16N2O2.CH4/c1-11-19(12(2)27-23-11)14-7-15-9-17(13-3-4-13)22-20(15)16(8-14)21(24)18-10-25-5-6-26-18;1-9-16(10(2)21-19-9)12-5-13-7-15(11-3-4-11)18-17(13)14(6-12)8-20;/h7-8,13,18,21,24H,3-6,9-10H2,1-2H3;5-6,8,11H,3-4,7H2,1-2H3;1H4. The van der Waals surface area contributed by atoms with Gasteiger partial charge in [0.05, 0.1) is 42.6 Å². The van der Waals surface area contributed by atoms with E-state index in [9.17, 15) is 9.90 Å². The van der Waals surface area contributed by atoms with E-state index in [1.165, 1.54) is 42.7 Å². The third-order valence-electron chi connectivity index (χ3n) is 10.1. The minimum absolute atomic E-state index is 0. The van der Waals surface area contributed by atoms with Crippen LogP contribution in [0.25, 0.3) is 22.3 Å². The van der Waals surface area contributed by atoms with E-state index in [1.807, 2.05) is 39.8 Å². The van der Waals surface area contributed by atoms with Crippen LogP contribution in [0.3, 0.4) is 0 Å². The lowest BCUT2D eigenvalue weighted by molar-refractivity contribution is -0.133. The number of rotatable bonds is 7. The number of aldehydes is 1. The first kappa shape index (κ1) is 33.3. The zero-order chi connectivity index (χ0) is 33.1. The van der Waals surface area contributed by atoms with Gasteiger partial charge in [-0.05, 0) is 112 Å². The number of aromatic nitrogens is 2. The molecule has 2 aliphatic carbocycles. The predicted molar refractivity (Wildman–Crippen MR) is 188 cm³/mol. The van der Waals surface area contributed by atoms with Crippen molar-refractivity contribution in [1.82, 2.24) is 10.3 Å². The lowest BCUT2D eigenvalue weighted by Crippen LogP contribution is -2.33. The van der Waals surface area contributed by atoms with Crippen molar-refractivity contribution in [2.45, 2.75) is 85.9 Å². The fraction of sp³-hybridized carbons (Fsp3) is 0.462. The summed E-state index contributed by atoms with van der Waals surface area (Å²) in [5, 5.41) is 19.2. The van der Waals surface area contributed by atoms with Crippen LogP contribution >= 0.6 is 0 Å². The molecule has 5 heterocycles. The van der Waals surface area contributed by atoms with Gasteiger partial charge in [-0.1, -0.05) is 17.7 Å². The normalized spacial score (nSPS) is 20.0. The van der Waals surface area contributed by atoms with Gasteiger partial charge in [0.1, 0.15) is 23.7 Å². The summed E-state index contributed by atoms with van der Waals surface area (Å²) in [6.45, 7) is 9.16. The number of ether oxygens (including phenoxy) is 2. The van der Waals surface area contributed by atoms with Crippen molar-refractivity contribution in [3.63, 3.8) is 0 Å². The molecule has 1 saturated heterocycles. The molecule has 4 aromatic rings. The Kier molecular flexibility index (Phi) is 8.98. The molecule has 2 atom stereocenters. The molecule has 3 fully saturated rings. The van der Waals surface area contributed by atoms with Crippen molar-refractivity contribution in [3.05, 3.63) is 69.4 Å². The maximum Gasteiger partial charge on any atom is 0.152 e. The molecule has 0 radical (unpaired) electrons. The number of benzene rings is 2. The maximum atomic E-state index is 11.4. The summed E-state index contributed by atoms with van der Waals surface area (Å²) in [4.78, 5) is 21.1. The van der Waals surface area contributed by atoms with E-state index in [1.54, 1.807) is 0 Å². The highest BCUT2D eigenvalue weighted by Crippen LogP contribution is 2.45. The van der Waals surface area contributed by atoms with Crippen LogP contribution in [-0.2, 0) is 22.3 Å². The largest absolute Gasteiger partial charge is 0.386 e. The molecule has 2 unspecified atom stereocenters. The number of fused-ring (bicyclic) bond motifs is 2. The van der Waals surface area contributed by atoms with Gasteiger partial charge in [0.2, 0.25) is 0 Å². The molecule has 5 aliphatic rings. The average molecular weight is 665 g/mol. The van der Waals surface area contributed by atoms with E-state index < -0.39 is 6.10 Å². The van der Waals surface area contributed by atoms with Crippen molar-refractivity contribution in [2.75, 3.05) is 19.8 Å². The number of aryl methyl sites for hydroxylation is 4. The number of carbonyl (C=O) groups is 1. The van der Waals surface area contributed by atoms with Gasteiger partial charge in [0.15, 0.2) is 6.29 Å². The third-order valence-corrected chi connectivity index (χ3v) is 10.1. The summed E-state index contributed by atoms with van der Waals surface area (Å²) in [6.07, 6.45) is 6.41. The first-order chi connectivity index (χ1) is 23.3. The Hall–Kier alpha value is -4.25. The van der Waals surface area contributed by atoms with Crippen molar-refractivity contribution < 1.29 is 28.4 Å². The topological polar surface area (TPSA) is 133 Å². The molecule has 0 bridgehead atoms. The van der Waals surface area contributed by atoms with Crippen molar-refractivity contribution in [1.29, 1.82) is 0 Å². The van der Waals surface area contributed by atoms with Crippen molar-refractivity contribution in [3.8, 4) is 22.3 Å². The highest BCUT2D eigenvalue weighted by atomic mass is 16.6. The second kappa shape index (κ2) is 13.2. The van der Waals surface area contributed by atoms with E-state index in [2.05, 4.69) is 22.4 Å². The van der Waals surface area contributed by atoms with Crippen LogP contribution in [0.15, 0.2) is 43.3 Å². The van der Waals surface area contributed by atoms with Crippen LogP contribution in [-0.4, -0.2) is 59.1 Å². The number of carbonyl (C=O) groups excluding carboxylic acids is 1. The molecule has 3 aliphatic heterocycles. The van der Waals surface area contributed by atoms with Gasteiger partial charge in [0.25, 0.3) is 0 Å². The van der Waals surface area contributed by atoms with Crippen LogP contribution in [0.1, 0.15) is 89.2 Å². The Balaban J connectivity index is 0.000000156. The first-order valence-electron chi connectivity index (χ1n) is 17.0. The first-order valence-corrected chi connectivity index (χ1v) is 17.0. The van der Waals surface area contributed by atoms with E-state index in [0.29, 0.717) is 37.2 Å². The van der Waals surface area contributed by atoms with Gasteiger partial charge in [0, 0.05) is 46.5 Å². The number of aliphatic imine (C=N–C) groups is 2. The zero-order valence-electron chi connectivity index (χ0n) is 27.8. The van der Waals surface area contributed by atoms with Gasteiger partial charge >= 0.3 is 0 Å². The molecular weight excluding hydrogens is 620 g/mol. The van der Waals surface area contributed by atoms with E-state index in [0.717, 1.165) is 86.8 Å². The molecular formula is C39H44N4O6. The Labute approximate surface area is 286 Å². The van der Waals surface area contributed by atoms with E-state index >= 15 is 0 Å². The average Bonchev–Trinajstić information content (AvgIpc) is 3.98. The fourth-order valence-electron chi connectivity index (χ4n) is 7.32. The summed E-state index contributed by atoms with van der Waals surface area (Å²) in [5.74, 6) is 2.82.